The Kier molecular flexibility index (Phi) is 4.79. The Bertz CT molecular complexity index is 625. The minimum atomic E-state index is 0.00559. The maximum absolute atomic E-state index is 12.1. The van der Waals surface area contributed by atoms with Crippen molar-refractivity contribution in [1.82, 2.24) is 0 Å². The molecular formula is C19H22O2. The van der Waals surface area contributed by atoms with Crippen LogP contribution in [-0.2, 0) is 0 Å². The third-order valence-electron chi connectivity index (χ3n) is 3.75. The first-order valence-electron chi connectivity index (χ1n) is 7.30. The zero-order chi connectivity index (χ0) is 15.4. The van der Waals surface area contributed by atoms with Crippen molar-refractivity contribution < 1.29 is 9.53 Å². The van der Waals surface area contributed by atoms with Crippen molar-refractivity contribution in [3.8, 4) is 5.75 Å². The fourth-order valence-electron chi connectivity index (χ4n) is 2.10. The van der Waals surface area contributed by atoms with E-state index in [0.717, 1.165) is 11.3 Å². The number of Topliss-reactive ketones (excluding diaryl/α,β-unsaturated/α-hetero) is 1. The maximum atomic E-state index is 12.1. The molecule has 2 nitrogen and oxygen atoms in total. The molecule has 0 amide bonds. The van der Waals surface area contributed by atoms with Crippen LogP contribution in [0.4, 0.5) is 0 Å². The minimum absolute atomic E-state index is 0.00559. The number of ketones is 1. The smallest absolute Gasteiger partial charge is 0.200 e. The Balaban J connectivity index is 1.98. The van der Waals surface area contributed by atoms with Gasteiger partial charge in [-0.25, -0.2) is 0 Å². The molecule has 0 fully saturated rings. The van der Waals surface area contributed by atoms with E-state index in [0.29, 0.717) is 11.5 Å². The summed E-state index contributed by atoms with van der Waals surface area (Å²) in [4.78, 5) is 12.1. The van der Waals surface area contributed by atoms with Gasteiger partial charge in [0.1, 0.15) is 5.75 Å². The second-order valence-electron chi connectivity index (χ2n) is 5.73. The zero-order valence-corrected chi connectivity index (χ0v) is 13.1. The van der Waals surface area contributed by atoms with Gasteiger partial charge in [-0.15, -0.1) is 0 Å². The Morgan fingerprint density at radius 3 is 2.24 bits per heavy atom. The predicted octanol–water partition coefficient (Wildman–Crippen LogP) is 4.69. The van der Waals surface area contributed by atoms with Crippen LogP contribution in [0.5, 0.6) is 5.75 Å². The number of hydrogen-bond donors (Lipinski definition) is 0. The fraction of sp³-hybridized carbons (Fsp3) is 0.316. The highest BCUT2D eigenvalue weighted by atomic mass is 16.5. The molecule has 2 aromatic carbocycles. The molecule has 0 unspecified atom stereocenters. The van der Waals surface area contributed by atoms with Crippen LogP contribution in [0.3, 0.4) is 0 Å². The van der Waals surface area contributed by atoms with Gasteiger partial charge in [0.25, 0.3) is 0 Å². The highest BCUT2D eigenvalue weighted by Crippen LogP contribution is 2.19. The van der Waals surface area contributed by atoms with E-state index < -0.39 is 0 Å². The monoisotopic (exact) mass is 282 g/mol. The first kappa shape index (κ1) is 15.3. The van der Waals surface area contributed by atoms with Gasteiger partial charge in [-0.1, -0.05) is 38.1 Å². The number of aryl methyl sites for hydroxylation is 2. The molecule has 0 saturated carbocycles. The third kappa shape index (κ3) is 3.94. The fourth-order valence-corrected chi connectivity index (χ4v) is 2.10. The van der Waals surface area contributed by atoms with Crippen LogP contribution in [0.2, 0.25) is 0 Å². The van der Waals surface area contributed by atoms with E-state index in [1.807, 2.05) is 56.3 Å². The molecule has 110 valence electrons. The number of benzene rings is 2. The molecule has 0 atom stereocenters. The zero-order valence-electron chi connectivity index (χ0n) is 13.1. The van der Waals surface area contributed by atoms with Gasteiger partial charge in [-0.05, 0) is 54.7 Å². The summed E-state index contributed by atoms with van der Waals surface area (Å²) in [5.74, 6) is 1.24. The molecule has 2 heteroatoms. The predicted molar refractivity (Wildman–Crippen MR) is 86.3 cm³/mol. The average molecular weight is 282 g/mol. The number of carbonyl (C=O) groups is 1. The van der Waals surface area contributed by atoms with Crippen LogP contribution >= 0.6 is 0 Å². The van der Waals surface area contributed by atoms with Crippen LogP contribution < -0.4 is 4.74 Å². The van der Waals surface area contributed by atoms with Gasteiger partial charge in [-0.2, -0.15) is 0 Å². The van der Waals surface area contributed by atoms with Gasteiger partial charge < -0.3 is 4.74 Å². The molecule has 0 radical (unpaired) electrons. The summed E-state index contributed by atoms with van der Waals surface area (Å²) in [6, 6.07) is 13.7. The molecule has 0 aliphatic heterocycles. The van der Waals surface area contributed by atoms with Crippen molar-refractivity contribution in [2.24, 2.45) is 0 Å². The van der Waals surface area contributed by atoms with Crippen molar-refractivity contribution in [3.05, 3.63) is 64.7 Å². The lowest BCUT2D eigenvalue weighted by molar-refractivity contribution is 0.0921. The van der Waals surface area contributed by atoms with Gasteiger partial charge >= 0.3 is 0 Å². The lowest BCUT2D eigenvalue weighted by Crippen LogP contribution is -2.12. The molecule has 0 saturated heterocycles. The Morgan fingerprint density at radius 2 is 1.67 bits per heavy atom. The quantitative estimate of drug-likeness (QED) is 0.744. The van der Waals surface area contributed by atoms with E-state index in [2.05, 4.69) is 13.8 Å². The topological polar surface area (TPSA) is 26.3 Å². The average Bonchev–Trinajstić information content (AvgIpc) is 2.48. The van der Waals surface area contributed by atoms with Gasteiger partial charge in [0, 0.05) is 5.56 Å². The lowest BCUT2D eigenvalue weighted by Gasteiger charge is -2.09. The molecule has 0 aliphatic rings. The van der Waals surface area contributed by atoms with E-state index in [9.17, 15) is 4.79 Å². The molecule has 0 N–H and O–H groups in total. The Labute approximate surface area is 126 Å². The lowest BCUT2D eigenvalue weighted by atomic mass is 10.0. The van der Waals surface area contributed by atoms with Gasteiger partial charge in [0.15, 0.2) is 12.4 Å². The van der Waals surface area contributed by atoms with Crippen LogP contribution in [0, 0.1) is 13.8 Å². The maximum Gasteiger partial charge on any atom is 0.200 e. The van der Waals surface area contributed by atoms with E-state index in [1.54, 1.807) is 0 Å². The second-order valence-corrected chi connectivity index (χ2v) is 5.73. The first-order chi connectivity index (χ1) is 9.97. The summed E-state index contributed by atoms with van der Waals surface area (Å²) in [7, 11) is 0. The van der Waals surface area contributed by atoms with Crippen molar-refractivity contribution in [3.63, 3.8) is 0 Å². The Morgan fingerprint density at radius 1 is 1.00 bits per heavy atom. The van der Waals surface area contributed by atoms with Gasteiger partial charge in [0.05, 0.1) is 0 Å². The first-order valence-corrected chi connectivity index (χ1v) is 7.30. The van der Waals surface area contributed by atoms with Crippen molar-refractivity contribution in [2.75, 3.05) is 6.61 Å². The highest BCUT2D eigenvalue weighted by molar-refractivity contribution is 5.97. The largest absolute Gasteiger partial charge is 0.485 e. The number of hydrogen-bond acceptors (Lipinski definition) is 2. The molecule has 21 heavy (non-hydrogen) atoms. The SMILES string of the molecule is Cc1ccc(C(=O)COc2ccc(C(C)C)cc2)cc1C. The van der Waals surface area contributed by atoms with Crippen molar-refractivity contribution in [2.45, 2.75) is 33.6 Å². The molecule has 0 aromatic heterocycles. The van der Waals surface area contributed by atoms with E-state index in [4.69, 9.17) is 4.74 Å². The van der Waals surface area contributed by atoms with Crippen molar-refractivity contribution in [1.29, 1.82) is 0 Å². The highest BCUT2D eigenvalue weighted by Gasteiger charge is 2.08. The molecule has 2 rings (SSSR count). The summed E-state index contributed by atoms with van der Waals surface area (Å²) in [6.45, 7) is 8.43. The molecule has 0 heterocycles. The van der Waals surface area contributed by atoms with Crippen molar-refractivity contribution >= 4 is 5.78 Å². The summed E-state index contributed by atoms with van der Waals surface area (Å²) in [5.41, 5.74) is 4.29. The third-order valence-corrected chi connectivity index (χ3v) is 3.75. The molecular weight excluding hydrogens is 260 g/mol. The van der Waals surface area contributed by atoms with Crippen LogP contribution in [0.1, 0.15) is 46.8 Å². The molecule has 0 aliphatic carbocycles. The summed E-state index contributed by atoms with van der Waals surface area (Å²) >= 11 is 0. The van der Waals surface area contributed by atoms with Crippen LogP contribution in [0.25, 0.3) is 0 Å². The summed E-state index contributed by atoms with van der Waals surface area (Å²) in [6.07, 6.45) is 0. The molecule has 0 spiro atoms. The minimum Gasteiger partial charge on any atom is -0.485 e. The number of rotatable bonds is 5. The van der Waals surface area contributed by atoms with Gasteiger partial charge in [-0.3, -0.25) is 4.79 Å². The van der Waals surface area contributed by atoms with Crippen LogP contribution in [0.15, 0.2) is 42.5 Å². The summed E-state index contributed by atoms with van der Waals surface area (Å²) in [5, 5.41) is 0. The molecule has 2 aromatic rings. The summed E-state index contributed by atoms with van der Waals surface area (Å²) < 4.78 is 5.58. The normalized spacial score (nSPS) is 10.7. The van der Waals surface area contributed by atoms with Gasteiger partial charge in [0.2, 0.25) is 0 Å². The number of ether oxygens (including phenoxy) is 1. The van der Waals surface area contributed by atoms with Crippen LogP contribution in [-0.4, -0.2) is 12.4 Å². The number of carbonyl (C=O) groups excluding carboxylic acids is 1. The second kappa shape index (κ2) is 6.57. The standard InChI is InChI=1S/C19H22O2/c1-13(2)16-7-9-18(10-8-16)21-12-19(20)17-6-5-14(3)15(4)11-17/h5-11,13H,12H2,1-4H3. The van der Waals surface area contributed by atoms with E-state index in [-0.39, 0.29) is 12.4 Å². The van der Waals surface area contributed by atoms with E-state index >= 15 is 0 Å². The Hall–Kier alpha value is -2.09. The molecule has 0 bridgehead atoms. The van der Waals surface area contributed by atoms with E-state index in [1.165, 1.54) is 11.1 Å².